The molecule has 0 spiro atoms. The topological polar surface area (TPSA) is 59.5 Å². The Morgan fingerprint density at radius 3 is 2.81 bits per heavy atom. The molecule has 0 radical (unpaired) electrons. The Labute approximate surface area is 154 Å². The number of nitrogens with zero attached hydrogens (tertiary/aromatic N) is 5. The molecule has 4 aromatic heterocycles. The number of thiophene rings is 1. The van der Waals surface area contributed by atoms with Crippen LogP contribution in [0.1, 0.15) is 36.1 Å². The van der Waals surface area contributed by atoms with Crippen LogP contribution in [0, 0.1) is 0 Å². The summed E-state index contributed by atoms with van der Waals surface area (Å²) in [6.07, 6.45) is 8.91. The number of hydrogen-bond acceptors (Lipinski definition) is 6. The quantitative estimate of drug-likeness (QED) is 0.536. The summed E-state index contributed by atoms with van der Waals surface area (Å²) in [5.41, 5.74) is 2.37. The molecule has 0 N–H and O–H groups in total. The summed E-state index contributed by atoms with van der Waals surface area (Å²) < 4.78 is 7.51. The third-order valence-corrected chi connectivity index (χ3v) is 6.69. The lowest BCUT2D eigenvalue weighted by atomic mass is 10.1. The number of piperidine rings is 1. The van der Waals surface area contributed by atoms with E-state index in [1.165, 1.54) is 47.9 Å². The fraction of sp³-hybridized carbons (Fsp3) is 0.421. The smallest absolute Gasteiger partial charge is 0.229 e. The molecule has 0 bridgehead atoms. The van der Waals surface area contributed by atoms with E-state index in [0.29, 0.717) is 11.6 Å². The summed E-state index contributed by atoms with van der Waals surface area (Å²) in [4.78, 5) is 14.9. The SMILES string of the molecule is c1coc(-c2nc3c4c5c(sc4nc(N4CCCCC4)n3n2)CCC5)c1. The average Bonchev–Trinajstić information content (AvgIpc) is 3.42. The predicted octanol–water partition coefficient (Wildman–Crippen LogP) is 4.08. The molecule has 0 aromatic carbocycles. The van der Waals surface area contributed by atoms with Gasteiger partial charge in [-0.3, -0.25) is 0 Å². The van der Waals surface area contributed by atoms with E-state index >= 15 is 0 Å². The van der Waals surface area contributed by atoms with Gasteiger partial charge < -0.3 is 9.32 Å². The zero-order valence-electron chi connectivity index (χ0n) is 14.4. The Hall–Kier alpha value is -2.41. The van der Waals surface area contributed by atoms with Crippen molar-refractivity contribution in [2.45, 2.75) is 38.5 Å². The summed E-state index contributed by atoms with van der Waals surface area (Å²) in [5.74, 6) is 2.27. The molecule has 0 atom stereocenters. The summed E-state index contributed by atoms with van der Waals surface area (Å²) >= 11 is 1.84. The maximum absolute atomic E-state index is 5.55. The summed E-state index contributed by atoms with van der Waals surface area (Å²) in [5, 5.41) is 6.00. The number of fused-ring (bicyclic) bond motifs is 5. The first-order valence-electron chi connectivity index (χ1n) is 9.38. The molecule has 132 valence electrons. The molecule has 7 heteroatoms. The van der Waals surface area contributed by atoms with Gasteiger partial charge in [-0.25, -0.2) is 9.97 Å². The van der Waals surface area contributed by atoms with Crippen LogP contribution in [0.15, 0.2) is 22.8 Å². The van der Waals surface area contributed by atoms with Crippen LogP contribution in [0.5, 0.6) is 0 Å². The molecule has 0 saturated carbocycles. The van der Waals surface area contributed by atoms with E-state index in [0.717, 1.165) is 35.9 Å². The van der Waals surface area contributed by atoms with Crippen LogP contribution in [-0.4, -0.2) is 32.7 Å². The van der Waals surface area contributed by atoms with Crippen molar-refractivity contribution in [1.29, 1.82) is 0 Å². The van der Waals surface area contributed by atoms with Crippen molar-refractivity contribution in [3.8, 4) is 11.6 Å². The molecule has 1 aliphatic carbocycles. The van der Waals surface area contributed by atoms with Crippen molar-refractivity contribution in [2.24, 2.45) is 0 Å². The van der Waals surface area contributed by atoms with Gasteiger partial charge in [-0.2, -0.15) is 4.52 Å². The molecule has 1 aliphatic heterocycles. The van der Waals surface area contributed by atoms with Crippen molar-refractivity contribution < 1.29 is 4.42 Å². The van der Waals surface area contributed by atoms with E-state index in [4.69, 9.17) is 19.5 Å². The van der Waals surface area contributed by atoms with Gasteiger partial charge >= 0.3 is 0 Å². The fourth-order valence-corrected chi connectivity index (χ4v) is 5.51. The number of anilines is 1. The Kier molecular flexibility index (Phi) is 3.14. The van der Waals surface area contributed by atoms with Crippen molar-refractivity contribution in [2.75, 3.05) is 18.0 Å². The zero-order valence-corrected chi connectivity index (χ0v) is 15.3. The molecule has 4 aromatic rings. The number of hydrogen-bond donors (Lipinski definition) is 0. The maximum atomic E-state index is 5.55. The number of aryl methyl sites for hydroxylation is 2. The van der Waals surface area contributed by atoms with Gasteiger partial charge in [0, 0.05) is 18.0 Å². The number of rotatable bonds is 2. The molecular weight excluding hydrogens is 346 g/mol. The van der Waals surface area contributed by atoms with E-state index in [9.17, 15) is 0 Å². The monoisotopic (exact) mass is 365 g/mol. The highest BCUT2D eigenvalue weighted by atomic mass is 32.1. The average molecular weight is 365 g/mol. The molecule has 26 heavy (non-hydrogen) atoms. The molecule has 2 aliphatic rings. The van der Waals surface area contributed by atoms with E-state index in [1.807, 2.05) is 28.0 Å². The largest absolute Gasteiger partial charge is 0.461 e. The van der Waals surface area contributed by atoms with Crippen LogP contribution in [0.4, 0.5) is 5.95 Å². The van der Waals surface area contributed by atoms with Crippen molar-refractivity contribution in [1.82, 2.24) is 19.6 Å². The second kappa shape index (κ2) is 5.54. The second-order valence-electron chi connectivity index (χ2n) is 7.15. The lowest BCUT2D eigenvalue weighted by Gasteiger charge is -2.27. The van der Waals surface area contributed by atoms with E-state index < -0.39 is 0 Å². The van der Waals surface area contributed by atoms with Gasteiger partial charge in [0.1, 0.15) is 4.83 Å². The standard InChI is InChI=1S/C19H19N5OS/c1-2-9-23(10-3-1)19-21-18-15(12-6-4-8-14(12)26-18)17-20-16(22-24(17)19)13-7-5-11-25-13/h5,7,11H,1-4,6,8-10H2. The summed E-state index contributed by atoms with van der Waals surface area (Å²) in [7, 11) is 0. The number of furan rings is 1. The predicted molar refractivity (Wildman–Crippen MR) is 102 cm³/mol. The van der Waals surface area contributed by atoms with E-state index in [2.05, 4.69) is 4.90 Å². The maximum Gasteiger partial charge on any atom is 0.229 e. The summed E-state index contributed by atoms with van der Waals surface area (Å²) in [6, 6.07) is 3.79. The van der Waals surface area contributed by atoms with Crippen LogP contribution in [-0.2, 0) is 12.8 Å². The Morgan fingerprint density at radius 1 is 1.04 bits per heavy atom. The Morgan fingerprint density at radius 2 is 1.96 bits per heavy atom. The third-order valence-electron chi connectivity index (χ3n) is 5.50. The van der Waals surface area contributed by atoms with Gasteiger partial charge in [-0.15, -0.1) is 16.4 Å². The first kappa shape index (κ1) is 14.7. The van der Waals surface area contributed by atoms with E-state index in [1.54, 1.807) is 6.26 Å². The van der Waals surface area contributed by atoms with Crippen LogP contribution in [0.25, 0.3) is 27.4 Å². The zero-order chi connectivity index (χ0) is 17.1. The minimum absolute atomic E-state index is 0.639. The number of aromatic nitrogens is 4. The second-order valence-corrected chi connectivity index (χ2v) is 8.23. The lowest BCUT2D eigenvalue weighted by molar-refractivity contribution is 0.562. The van der Waals surface area contributed by atoms with Crippen LogP contribution >= 0.6 is 11.3 Å². The Bertz CT molecular complexity index is 1100. The van der Waals surface area contributed by atoms with Gasteiger partial charge in [-0.05, 0) is 56.2 Å². The van der Waals surface area contributed by atoms with Gasteiger partial charge in [0.2, 0.25) is 11.8 Å². The molecular formula is C19H19N5OS. The van der Waals surface area contributed by atoms with Crippen molar-refractivity contribution in [3.63, 3.8) is 0 Å². The highest BCUT2D eigenvalue weighted by Crippen LogP contribution is 2.40. The van der Waals surface area contributed by atoms with Gasteiger partial charge in [0.05, 0.1) is 11.6 Å². The fourth-order valence-electron chi connectivity index (χ4n) is 4.26. The van der Waals surface area contributed by atoms with Gasteiger partial charge in [0.15, 0.2) is 11.4 Å². The first-order chi connectivity index (χ1) is 12.9. The third kappa shape index (κ3) is 2.06. The van der Waals surface area contributed by atoms with Crippen LogP contribution in [0.2, 0.25) is 0 Å². The highest BCUT2D eigenvalue weighted by molar-refractivity contribution is 7.19. The molecule has 6 rings (SSSR count). The van der Waals surface area contributed by atoms with Gasteiger partial charge in [-0.1, -0.05) is 0 Å². The molecule has 1 saturated heterocycles. The molecule has 5 heterocycles. The first-order valence-corrected chi connectivity index (χ1v) is 10.2. The van der Waals surface area contributed by atoms with Crippen LogP contribution in [0.3, 0.4) is 0 Å². The molecule has 0 amide bonds. The van der Waals surface area contributed by atoms with Crippen LogP contribution < -0.4 is 4.90 Å². The van der Waals surface area contributed by atoms with Crippen molar-refractivity contribution >= 4 is 33.1 Å². The molecule has 1 fully saturated rings. The minimum Gasteiger partial charge on any atom is -0.461 e. The van der Waals surface area contributed by atoms with Gasteiger partial charge in [0.25, 0.3) is 0 Å². The van der Waals surface area contributed by atoms with E-state index in [-0.39, 0.29) is 0 Å². The molecule has 6 nitrogen and oxygen atoms in total. The minimum atomic E-state index is 0.639. The summed E-state index contributed by atoms with van der Waals surface area (Å²) in [6.45, 7) is 2.07. The lowest BCUT2D eigenvalue weighted by Crippen LogP contribution is -2.32. The van der Waals surface area contributed by atoms with Crippen molar-refractivity contribution in [3.05, 3.63) is 28.8 Å². The Balaban J connectivity index is 1.66. The highest BCUT2D eigenvalue weighted by Gasteiger charge is 2.26. The normalized spacial score (nSPS) is 17.5. The molecule has 0 unspecified atom stereocenters.